The molecular weight excluding hydrogens is 242 g/mol. The summed E-state index contributed by atoms with van der Waals surface area (Å²) in [6.07, 6.45) is 1.04. The van der Waals surface area contributed by atoms with E-state index >= 15 is 0 Å². The van der Waals surface area contributed by atoms with Gasteiger partial charge in [0.05, 0.1) is 7.11 Å². The normalized spacial score (nSPS) is 10.3. The van der Waals surface area contributed by atoms with Gasteiger partial charge < -0.3 is 10.5 Å². The van der Waals surface area contributed by atoms with E-state index in [0.717, 1.165) is 23.6 Å². The van der Waals surface area contributed by atoms with Gasteiger partial charge in [0.2, 0.25) is 0 Å². The number of anilines is 1. The minimum absolute atomic E-state index is 0.819. The second kappa shape index (κ2) is 6.36. The molecule has 0 saturated heterocycles. The molecule has 0 aliphatic rings. The van der Waals surface area contributed by atoms with Crippen molar-refractivity contribution >= 4 is 17.4 Å². The summed E-state index contributed by atoms with van der Waals surface area (Å²) in [7, 11) is 1.69. The molecule has 0 heterocycles. The summed E-state index contributed by atoms with van der Waals surface area (Å²) in [5.41, 5.74) is 7.80. The van der Waals surface area contributed by atoms with Crippen LogP contribution in [0.25, 0.3) is 0 Å². The van der Waals surface area contributed by atoms with Crippen LogP contribution >= 0.6 is 11.8 Å². The average molecular weight is 259 g/mol. The minimum Gasteiger partial charge on any atom is -0.497 e. The second-order valence-corrected chi connectivity index (χ2v) is 5.19. The van der Waals surface area contributed by atoms with Crippen LogP contribution in [0.15, 0.2) is 53.4 Å². The van der Waals surface area contributed by atoms with E-state index in [2.05, 4.69) is 24.3 Å². The Bertz CT molecular complexity index is 496. The van der Waals surface area contributed by atoms with Crippen LogP contribution in [0.1, 0.15) is 5.56 Å². The van der Waals surface area contributed by atoms with Gasteiger partial charge in [-0.3, -0.25) is 0 Å². The van der Waals surface area contributed by atoms with Gasteiger partial charge in [0, 0.05) is 16.3 Å². The van der Waals surface area contributed by atoms with Crippen molar-refractivity contribution in [2.75, 3.05) is 18.6 Å². The summed E-state index contributed by atoms with van der Waals surface area (Å²) in [6, 6.07) is 16.2. The van der Waals surface area contributed by atoms with Gasteiger partial charge in [0.1, 0.15) is 5.75 Å². The first kappa shape index (κ1) is 12.8. The molecule has 3 heteroatoms. The number of benzene rings is 2. The van der Waals surface area contributed by atoms with Gasteiger partial charge in [-0.2, -0.15) is 0 Å². The first-order chi connectivity index (χ1) is 8.78. The quantitative estimate of drug-likeness (QED) is 0.658. The van der Waals surface area contributed by atoms with Gasteiger partial charge in [-0.1, -0.05) is 18.2 Å². The predicted molar refractivity (Wildman–Crippen MR) is 78.3 cm³/mol. The Morgan fingerprint density at radius 1 is 1.11 bits per heavy atom. The molecule has 2 aromatic carbocycles. The van der Waals surface area contributed by atoms with Crippen molar-refractivity contribution in [3.8, 4) is 5.75 Å². The predicted octanol–water partition coefficient (Wildman–Crippen LogP) is 3.61. The fourth-order valence-corrected chi connectivity index (χ4v) is 2.61. The molecule has 0 radical (unpaired) electrons. The number of hydrogen-bond donors (Lipinski definition) is 1. The first-order valence-corrected chi connectivity index (χ1v) is 6.88. The maximum absolute atomic E-state index is 5.66. The Morgan fingerprint density at radius 3 is 2.61 bits per heavy atom. The lowest BCUT2D eigenvalue weighted by molar-refractivity contribution is 0.413. The third-order valence-corrected chi connectivity index (χ3v) is 3.68. The largest absolute Gasteiger partial charge is 0.497 e. The molecule has 0 fully saturated rings. The average Bonchev–Trinajstić information content (AvgIpc) is 2.41. The lowest BCUT2D eigenvalue weighted by Crippen LogP contribution is -1.90. The topological polar surface area (TPSA) is 35.2 Å². The molecule has 0 saturated carbocycles. The molecule has 0 aliphatic carbocycles. The molecule has 94 valence electrons. The van der Waals surface area contributed by atoms with E-state index in [9.17, 15) is 0 Å². The summed E-state index contributed by atoms with van der Waals surface area (Å²) < 4.78 is 5.21. The third-order valence-electron chi connectivity index (χ3n) is 2.68. The molecule has 0 atom stereocenters. The van der Waals surface area contributed by atoms with E-state index in [1.165, 1.54) is 10.5 Å². The molecule has 0 amide bonds. The van der Waals surface area contributed by atoms with Gasteiger partial charge in [-0.05, 0) is 42.3 Å². The Labute approximate surface area is 112 Å². The van der Waals surface area contributed by atoms with E-state index in [0.29, 0.717) is 0 Å². The van der Waals surface area contributed by atoms with Crippen LogP contribution in [-0.4, -0.2) is 12.9 Å². The monoisotopic (exact) mass is 259 g/mol. The van der Waals surface area contributed by atoms with Crippen LogP contribution in [0, 0.1) is 0 Å². The molecule has 0 unspecified atom stereocenters. The smallest absolute Gasteiger partial charge is 0.119 e. The van der Waals surface area contributed by atoms with Crippen molar-refractivity contribution < 1.29 is 4.74 Å². The fraction of sp³-hybridized carbons (Fsp3) is 0.200. The number of thioether (sulfide) groups is 1. The maximum Gasteiger partial charge on any atom is 0.119 e. The van der Waals surface area contributed by atoms with Crippen LogP contribution in [0.3, 0.4) is 0 Å². The SMILES string of the molecule is COc1cccc(SCCc2ccc(N)cc2)c1. The van der Waals surface area contributed by atoms with Crippen LogP contribution in [0.4, 0.5) is 5.69 Å². The number of nitrogen functional groups attached to an aromatic ring is 1. The highest BCUT2D eigenvalue weighted by Gasteiger charge is 1.98. The van der Waals surface area contributed by atoms with Gasteiger partial charge in [-0.15, -0.1) is 11.8 Å². The van der Waals surface area contributed by atoms with Crippen molar-refractivity contribution in [2.24, 2.45) is 0 Å². The Kier molecular flexibility index (Phi) is 4.53. The van der Waals surface area contributed by atoms with Gasteiger partial charge in [-0.25, -0.2) is 0 Å². The minimum atomic E-state index is 0.819. The molecule has 18 heavy (non-hydrogen) atoms. The summed E-state index contributed by atoms with van der Waals surface area (Å²) in [5.74, 6) is 1.96. The summed E-state index contributed by atoms with van der Waals surface area (Å²) >= 11 is 1.84. The highest BCUT2D eigenvalue weighted by molar-refractivity contribution is 7.99. The highest BCUT2D eigenvalue weighted by atomic mass is 32.2. The lowest BCUT2D eigenvalue weighted by atomic mass is 10.2. The van der Waals surface area contributed by atoms with Crippen molar-refractivity contribution in [3.05, 3.63) is 54.1 Å². The molecule has 0 bridgehead atoms. The van der Waals surface area contributed by atoms with Gasteiger partial charge >= 0.3 is 0 Å². The summed E-state index contributed by atoms with van der Waals surface area (Å²) in [4.78, 5) is 1.24. The second-order valence-electron chi connectivity index (χ2n) is 4.02. The van der Waals surface area contributed by atoms with Crippen LogP contribution < -0.4 is 10.5 Å². The van der Waals surface area contributed by atoms with E-state index in [1.807, 2.05) is 36.0 Å². The number of nitrogens with two attached hydrogens (primary N) is 1. The van der Waals surface area contributed by atoms with Crippen molar-refractivity contribution in [1.82, 2.24) is 0 Å². The Hall–Kier alpha value is -1.61. The molecule has 0 aliphatic heterocycles. The number of aryl methyl sites for hydroxylation is 1. The van der Waals surface area contributed by atoms with Crippen LogP contribution in [-0.2, 0) is 6.42 Å². The molecule has 2 rings (SSSR count). The van der Waals surface area contributed by atoms with E-state index < -0.39 is 0 Å². The third kappa shape index (κ3) is 3.70. The zero-order chi connectivity index (χ0) is 12.8. The summed E-state index contributed by atoms with van der Waals surface area (Å²) in [6.45, 7) is 0. The number of methoxy groups -OCH3 is 1. The molecule has 0 aromatic heterocycles. The van der Waals surface area contributed by atoms with E-state index in [1.54, 1.807) is 7.11 Å². The number of ether oxygens (including phenoxy) is 1. The molecule has 2 nitrogen and oxygen atoms in total. The van der Waals surface area contributed by atoms with Crippen LogP contribution in [0.2, 0.25) is 0 Å². The first-order valence-electron chi connectivity index (χ1n) is 5.89. The zero-order valence-corrected chi connectivity index (χ0v) is 11.2. The van der Waals surface area contributed by atoms with Crippen LogP contribution in [0.5, 0.6) is 5.75 Å². The molecule has 2 N–H and O–H groups in total. The lowest BCUT2D eigenvalue weighted by Gasteiger charge is -2.05. The standard InChI is InChI=1S/C15H17NOS/c1-17-14-3-2-4-15(11-14)18-10-9-12-5-7-13(16)8-6-12/h2-8,11H,9-10,16H2,1H3. The highest BCUT2D eigenvalue weighted by Crippen LogP contribution is 2.23. The van der Waals surface area contributed by atoms with E-state index in [4.69, 9.17) is 10.5 Å². The van der Waals surface area contributed by atoms with Gasteiger partial charge in [0.15, 0.2) is 0 Å². The van der Waals surface area contributed by atoms with Crippen molar-refractivity contribution in [1.29, 1.82) is 0 Å². The molecular formula is C15H17NOS. The van der Waals surface area contributed by atoms with Crippen molar-refractivity contribution in [3.63, 3.8) is 0 Å². The van der Waals surface area contributed by atoms with Gasteiger partial charge in [0.25, 0.3) is 0 Å². The Balaban J connectivity index is 1.86. The maximum atomic E-state index is 5.66. The molecule has 0 spiro atoms. The number of hydrogen-bond acceptors (Lipinski definition) is 3. The fourth-order valence-electron chi connectivity index (χ4n) is 1.66. The van der Waals surface area contributed by atoms with Crippen molar-refractivity contribution in [2.45, 2.75) is 11.3 Å². The molecule has 2 aromatic rings. The number of rotatable bonds is 5. The zero-order valence-electron chi connectivity index (χ0n) is 10.4. The summed E-state index contributed by atoms with van der Waals surface area (Å²) in [5, 5.41) is 0. The Morgan fingerprint density at radius 2 is 1.89 bits per heavy atom. The van der Waals surface area contributed by atoms with E-state index in [-0.39, 0.29) is 0 Å².